The first kappa shape index (κ1) is 10.5. The average Bonchev–Trinajstić information content (AvgIpc) is 2.03. The molecular formula is C9H17NO3. The zero-order chi connectivity index (χ0) is 9.84. The average molecular weight is 187 g/mol. The van der Waals surface area contributed by atoms with Gasteiger partial charge in [0.2, 0.25) is 0 Å². The van der Waals surface area contributed by atoms with E-state index in [0.29, 0.717) is 19.1 Å². The standard InChI is InChI=1S/C9H17NO3/c1-7(2)5-10-3-4-13-6-8(10)9(11)12/h7-8H,3-6H2,1-2H3,(H,11,12). The summed E-state index contributed by atoms with van der Waals surface area (Å²) in [6, 6.07) is -0.448. The zero-order valence-corrected chi connectivity index (χ0v) is 8.19. The van der Waals surface area contributed by atoms with Gasteiger partial charge in [-0.15, -0.1) is 0 Å². The lowest BCUT2D eigenvalue weighted by Gasteiger charge is -2.33. The van der Waals surface area contributed by atoms with E-state index in [-0.39, 0.29) is 0 Å². The van der Waals surface area contributed by atoms with Crippen LogP contribution in [-0.2, 0) is 9.53 Å². The van der Waals surface area contributed by atoms with Gasteiger partial charge < -0.3 is 9.84 Å². The Labute approximate surface area is 78.5 Å². The van der Waals surface area contributed by atoms with Crippen LogP contribution in [-0.4, -0.2) is 48.3 Å². The largest absolute Gasteiger partial charge is 0.480 e. The van der Waals surface area contributed by atoms with Crippen molar-refractivity contribution in [2.75, 3.05) is 26.3 Å². The van der Waals surface area contributed by atoms with E-state index in [4.69, 9.17) is 9.84 Å². The molecule has 76 valence electrons. The van der Waals surface area contributed by atoms with Crippen molar-refractivity contribution < 1.29 is 14.6 Å². The lowest BCUT2D eigenvalue weighted by atomic mass is 10.1. The van der Waals surface area contributed by atoms with Gasteiger partial charge in [-0.3, -0.25) is 9.69 Å². The Kier molecular flexibility index (Phi) is 3.69. The third-order valence-electron chi connectivity index (χ3n) is 2.12. The van der Waals surface area contributed by atoms with Crippen molar-refractivity contribution in [3.05, 3.63) is 0 Å². The molecule has 0 aliphatic carbocycles. The van der Waals surface area contributed by atoms with Crippen molar-refractivity contribution in [1.82, 2.24) is 4.90 Å². The first-order valence-corrected chi connectivity index (χ1v) is 4.66. The first-order valence-electron chi connectivity index (χ1n) is 4.66. The van der Waals surface area contributed by atoms with Crippen LogP contribution < -0.4 is 0 Å². The van der Waals surface area contributed by atoms with Crippen LogP contribution in [0.4, 0.5) is 0 Å². The number of carbonyl (C=O) groups is 1. The molecular weight excluding hydrogens is 170 g/mol. The van der Waals surface area contributed by atoms with Crippen molar-refractivity contribution in [2.45, 2.75) is 19.9 Å². The Balaban J connectivity index is 2.51. The SMILES string of the molecule is CC(C)CN1CCOCC1C(=O)O. The Bertz CT molecular complexity index is 182. The van der Waals surface area contributed by atoms with Crippen LogP contribution in [0.3, 0.4) is 0 Å². The summed E-state index contributed by atoms with van der Waals surface area (Å²) in [5.41, 5.74) is 0. The summed E-state index contributed by atoms with van der Waals surface area (Å²) in [6.45, 7) is 6.72. The zero-order valence-electron chi connectivity index (χ0n) is 8.19. The number of morpholine rings is 1. The second kappa shape index (κ2) is 4.58. The van der Waals surface area contributed by atoms with Gasteiger partial charge >= 0.3 is 5.97 Å². The number of carboxylic acid groups (broad SMARTS) is 1. The summed E-state index contributed by atoms with van der Waals surface area (Å²) < 4.78 is 5.13. The van der Waals surface area contributed by atoms with Gasteiger partial charge in [-0.2, -0.15) is 0 Å². The molecule has 0 amide bonds. The predicted molar refractivity (Wildman–Crippen MR) is 48.7 cm³/mol. The predicted octanol–water partition coefficient (Wildman–Crippen LogP) is 0.428. The van der Waals surface area contributed by atoms with Crippen molar-refractivity contribution >= 4 is 5.97 Å². The molecule has 0 spiro atoms. The molecule has 1 saturated heterocycles. The molecule has 0 radical (unpaired) electrons. The van der Waals surface area contributed by atoms with Crippen LogP contribution in [0.15, 0.2) is 0 Å². The summed E-state index contributed by atoms with van der Waals surface area (Å²) in [7, 11) is 0. The van der Waals surface area contributed by atoms with Gasteiger partial charge in [-0.25, -0.2) is 0 Å². The summed E-state index contributed by atoms with van der Waals surface area (Å²) in [4.78, 5) is 12.8. The van der Waals surface area contributed by atoms with Crippen molar-refractivity contribution in [3.8, 4) is 0 Å². The topological polar surface area (TPSA) is 49.8 Å². The number of aliphatic carboxylic acids is 1. The molecule has 0 aromatic rings. The smallest absolute Gasteiger partial charge is 0.323 e. The molecule has 0 bridgehead atoms. The van der Waals surface area contributed by atoms with E-state index in [1.54, 1.807) is 0 Å². The molecule has 1 N–H and O–H groups in total. The minimum atomic E-state index is -0.777. The van der Waals surface area contributed by atoms with Crippen LogP contribution in [0.1, 0.15) is 13.8 Å². The molecule has 0 aromatic heterocycles. The molecule has 0 saturated carbocycles. The normalized spacial score (nSPS) is 25.0. The fourth-order valence-corrected chi connectivity index (χ4v) is 1.55. The number of carboxylic acids is 1. The highest BCUT2D eigenvalue weighted by Gasteiger charge is 2.29. The molecule has 1 unspecified atom stereocenters. The number of ether oxygens (including phenoxy) is 1. The fourth-order valence-electron chi connectivity index (χ4n) is 1.55. The molecule has 4 nitrogen and oxygen atoms in total. The molecule has 1 aliphatic heterocycles. The molecule has 1 heterocycles. The fraction of sp³-hybridized carbons (Fsp3) is 0.889. The van der Waals surface area contributed by atoms with Crippen LogP contribution >= 0.6 is 0 Å². The van der Waals surface area contributed by atoms with Crippen molar-refractivity contribution in [3.63, 3.8) is 0 Å². The van der Waals surface area contributed by atoms with Crippen LogP contribution in [0, 0.1) is 5.92 Å². The molecule has 1 atom stereocenters. The van der Waals surface area contributed by atoms with Gasteiger partial charge in [0.15, 0.2) is 0 Å². The summed E-state index contributed by atoms with van der Waals surface area (Å²) >= 11 is 0. The summed E-state index contributed by atoms with van der Waals surface area (Å²) in [5, 5.41) is 8.90. The molecule has 1 aliphatic rings. The number of hydrogen-bond donors (Lipinski definition) is 1. The first-order chi connectivity index (χ1) is 6.11. The quantitative estimate of drug-likeness (QED) is 0.696. The Hall–Kier alpha value is -0.610. The molecule has 4 heteroatoms. The van der Waals surface area contributed by atoms with Gasteiger partial charge in [0.1, 0.15) is 6.04 Å². The number of rotatable bonds is 3. The number of nitrogens with zero attached hydrogens (tertiary/aromatic N) is 1. The van der Waals surface area contributed by atoms with Crippen molar-refractivity contribution in [1.29, 1.82) is 0 Å². The number of hydrogen-bond acceptors (Lipinski definition) is 3. The summed E-state index contributed by atoms with van der Waals surface area (Å²) in [5.74, 6) is -0.277. The monoisotopic (exact) mass is 187 g/mol. The molecule has 1 fully saturated rings. The molecule has 0 aromatic carbocycles. The Morgan fingerprint density at radius 1 is 1.69 bits per heavy atom. The van der Waals surface area contributed by atoms with E-state index in [2.05, 4.69) is 13.8 Å². The van der Waals surface area contributed by atoms with Gasteiger partial charge in [0.05, 0.1) is 13.2 Å². The minimum absolute atomic E-state index is 0.321. The van der Waals surface area contributed by atoms with E-state index in [9.17, 15) is 4.79 Å². The maximum atomic E-state index is 10.8. The van der Waals surface area contributed by atoms with E-state index < -0.39 is 12.0 Å². The maximum Gasteiger partial charge on any atom is 0.323 e. The minimum Gasteiger partial charge on any atom is -0.480 e. The van der Waals surface area contributed by atoms with E-state index >= 15 is 0 Å². The lowest BCUT2D eigenvalue weighted by molar-refractivity contribution is -0.149. The van der Waals surface area contributed by atoms with E-state index in [1.165, 1.54) is 0 Å². The second-order valence-corrected chi connectivity index (χ2v) is 3.82. The lowest BCUT2D eigenvalue weighted by Crippen LogP contribution is -2.51. The Morgan fingerprint density at radius 3 is 2.92 bits per heavy atom. The van der Waals surface area contributed by atoms with Gasteiger partial charge in [0, 0.05) is 13.1 Å². The highest BCUT2D eigenvalue weighted by atomic mass is 16.5. The van der Waals surface area contributed by atoms with E-state index in [1.807, 2.05) is 4.90 Å². The van der Waals surface area contributed by atoms with Crippen molar-refractivity contribution in [2.24, 2.45) is 5.92 Å². The highest BCUT2D eigenvalue weighted by molar-refractivity contribution is 5.73. The van der Waals surface area contributed by atoms with Crippen LogP contribution in [0.25, 0.3) is 0 Å². The highest BCUT2D eigenvalue weighted by Crippen LogP contribution is 2.09. The second-order valence-electron chi connectivity index (χ2n) is 3.82. The van der Waals surface area contributed by atoms with Gasteiger partial charge in [0.25, 0.3) is 0 Å². The maximum absolute atomic E-state index is 10.8. The van der Waals surface area contributed by atoms with E-state index in [0.717, 1.165) is 13.1 Å². The third kappa shape index (κ3) is 2.97. The van der Waals surface area contributed by atoms with Crippen LogP contribution in [0.5, 0.6) is 0 Å². The molecule has 13 heavy (non-hydrogen) atoms. The van der Waals surface area contributed by atoms with Crippen LogP contribution in [0.2, 0.25) is 0 Å². The molecule has 1 rings (SSSR count). The van der Waals surface area contributed by atoms with Gasteiger partial charge in [-0.05, 0) is 5.92 Å². The Morgan fingerprint density at radius 2 is 2.38 bits per heavy atom. The summed E-state index contributed by atoms with van der Waals surface area (Å²) in [6.07, 6.45) is 0. The van der Waals surface area contributed by atoms with Gasteiger partial charge in [-0.1, -0.05) is 13.8 Å². The third-order valence-corrected chi connectivity index (χ3v) is 2.12.